The lowest BCUT2D eigenvalue weighted by atomic mass is 9.70. The summed E-state index contributed by atoms with van der Waals surface area (Å²) in [6, 6.07) is 11.3. The third-order valence-electron chi connectivity index (χ3n) is 9.08. The van der Waals surface area contributed by atoms with Gasteiger partial charge in [-0.25, -0.2) is 13.1 Å². The third-order valence-corrected chi connectivity index (χ3v) is 10.8. The molecule has 0 unspecified atom stereocenters. The summed E-state index contributed by atoms with van der Waals surface area (Å²) in [5, 5.41) is 11.9. The Morgan fingerprint density at radius 1 is 1.20 bits per heavy atom. The number of fused-ring (bicyclic) bond motifs is 3. The standard InChI is InChI=1S/C32H41ClN2O5S/c1-4-26-22(3)17-35-19-32(14-6-8-23-15-25(33)11-12-27(23)32)20-40-30-13-10-24(16-28(30)35)31(37)34-41(38,39)18-21(2)7-5-9-29(26)36/h5,7,10-13,15-16,21-22,26,29,36H,4,6,8-9,14,17-20H2,1-3H3,(H,34,37)/b7-5-/t21-,22+,26-,29+,32+/m1/s1. The highest BCUT2D eigenvalue weighted by Crippen LogP contribution is 2.45. The molecule has 2 heterocycles. The number of anilines is 1. The Bertz CT molecular complexity index is 1430. The van der Waals surface area contributed by atoms with Gasteiger partial charge in [-0.05, 0) is 84.9 Å². The topological polar surface area (TPSA) is 95.9 Å². The van der Waals surface area contributed by atoms with Gasteiger partial charge in [0.25, 0.3) is 5.91 Å². The molecule has 2 aliphatic heterocycles. The van der Waals surface area contributed by atoms with Crippen LogP contribution in [0.5, 0.6) is 5.75 Å². The van der Waals surface area contributed by atoms with Gasteiger partial charge in [0.1, 0.15) is 5.75 Å². The van der Waals surface area contributed by atoms with E-state index in [0.717, 1.165) is 36.4 Å². The SMILES string of the molecule is CC[C@@H]1[C@@H](C)CN2C[C@@]3(CCCc4cc(Cl)ccc43)COc3ccc(cc32)C(=O)NS(=O)(=O)C[C@H](C)/C=C\C[C@@H]1O. The summed E-state index contributed by atoms with van der Waals surface area (Å²) < 4.78 is 34.4. The van der Waals surface area contributed by atoms with Crippen LogP contribution in [0.2, 0.25) is 5.02 Å². The fraction of sp³-hybridized carbons (Fsp3) is 0.531. The number of amides is 1. The third kappa shape index (κ3) is 6.45. The highest BCUT2D eigenvalue weighted by Gasteiger charge is 2.42. The zero-order chi connectivity index (χ0) is 29.4. The Labute approximate surface area is 249 Å². The minimum absolute atomic E-state index is 0.0408. The molecule has 0 aromatic heterocycles. The summed E-state index contributed by atoms with van der Waals surface area (Å²) in [6.45, 7) is 7.89. The molecule has 3 aliphatic rings. The number of benzene rings is 2. The molecule has 2 N–H and O–H groups in total. The number of aryl methyl sites for hydroxylation is 1. The monoisotopic (exact) mass is 600 g/mol. The Hall–Kier alpha value is -2.55. The predicted octanol–water partition coefficient (Wildman–Crippen LogP) is 5.49. The number of hydrogen-bond acceptors (Lipinski definition) is 6. The second kappa shape index (κ2) is 12.0. The van der Waals surface area contributed by atoms with Gasteiger partial charge in [-0.1, -0.05) is 57.0 Å². The number of aliphatic hydroxyl groups excluding tert-OH is 1. The molecule has 5 atom stereocenters. The molecule has 7 nitrogen and oxygen atoms in total. The average Bonchev–Trinajstić information content (AvgIpc) is 3.05. The van der Waals surface area contributed by atoms with Crippen molar-refractivity contribution >= 4 is 33.2 Å². The maximum absolute atomic E-state index is 13.2. The van der Waals surface area contributed by atoms with Gasteiger partial charge in [0.15, 0.2) is 0 Å². The molecular formula is C32H41ClN2O5S. The first kappa shape index (κ1) is 29.9. The summed E-state index contributed by atoms with van der Waals surface area (Å²) >= 11 is 6.38. The molecule has 0 radical (unpaired) electrons. The lowest BCUT2D eigenvalue weighted by molar-refractivity contribution is 0.0776. The molecule has 0 saturated heterocycles. The number of sulfonamides is 1. The van der Waals surface area contributed by atoms with E-state index in [9.17, 15) is 18.3 Å². The first-order valence-electron chi connectivity index (χ1n) is 14.7. The summed E-state index contributed by atoms with van der Waals surface area (Å²) in [7, 11) is -3.86. The van der Waals surface area contributed by atoms with Crippen LogP contribution in [0.25, 0.3) is 0 Å². The van der Waals surface area contributed by atoms with E-state index in [2.05, 4.69) is 35.6 Å². The first-order valence-corrected chi connectivity index (χ1v) is 16.7. The van der Waals surface area contributed by atoms with Gasteiger partial charge in [0.05, 0.1) is 24.2 Å². The molecule has 0 saturated carbocycles. The Kier molecular flexibility index (Phi) is 8.74. The minimum atomic E-state index is -3.86. The van der Waals surface area contributed by atoms with Crippen LogP contribution >= 0.6 is 11.6 Å². The number of carbonyl (C=O) groups is 1. The molecule has 2 aromatic carbocycles. The van der Waals surface area contributed by atoms with E-state index in [1.54, 1.807) is 25.1 Å². The molecule has 2 bridgehead atoms. The first-order chi connectivity index (χ1) is 19.5. The molecule has 9 heteroatoms. The summed E-state index contributed by atoms with van der Waals surface area (Å²) in [5.41, 5.74) is 3.25. The number of nitrogens with one attached hydrogen (secondary N) is 1. The summed E-state index contributed by atoms with van der Waals surface area (Å²) in [4.78, 5) is 15.5. The maximum Gasteiger partial charge on any atom is 0.264 e. The van der Waals surface area contributed by atoms with Gasteiger partial charge in [-0.2, -0.15) is 0 Å². The van der Waals surface area contributed by atoms with Crippen LogP contribution < -0.4 is 14.4 Å². The molecule has 1 aliphatic carbocycles. The van der Waals surface area contributed by atoms with Gasteiger partial charge in [-0.15, -0.1) is 0 Å². The summed E-state index contributed by atoms with van der Waals surface area (Å²) in [6.07, 6.45) is 7.32. The predicted molar refractivity (Wildman–Crippen MR) is 163 cm³/mol. The van der Waals surface area contributed by atoms with Crippen LogP contribution in [0, 0.1) is 17.8 Å². The van der Waals surface area contributed by atoms with Gasteiger partial charge < -0.3 is 14.7 Å². The van der Waals surface area contributed by atoms with E-state index in [4.69, 9.17) is 16.3 Å². The lowest BCUT2D eigenvalue weighted by Crippen LogP contribution is -2.47. The van der Waals surface area contributed by atoms with Crippen molar-refractivity contribution in [2.24, 2.45) is 17.8 Å². The average molecular weight is 601 g/mol. The van der Waals surface area contributed by atoms with Crippen molar-refractivity contribution in [3.05, 3.63) is 70.3 Å². The van der Waals surface area contributed by atoms with Crippen LogP contribution in [0.15, 0.2) is 48.6 Å². The van der Waals surface area contributed by atoms with Gasteiger partial charge in [0, 0.05) is 29.1 Å². The van der Waals surface area contributed by atoms with E-state index in [1.807, 2.05) is 18.2 Å². The second-order valence-corrected chi connectivity index (χ2v) is 14.5. The molecule has 2 aromatic rings. The van der Waals surface area contributed by atoms with Crippen molar-refractivity contribution in [3.63, 3.8) is 0 Å². The van der Waals surface area contributed by atoms with E-state index in [1.165, 1.54) is 11.1 Å². The van der Waals surface area contributed by atoms with Crippen LogP contribution in [-0.4, -0.2) is 51.0 Å². The maximum atomic E-state index is 13.2. The molecule has 1 spiro atoms. The highest BCUT2D eigenvalue weighted by molar-refractivity contribution is 7.90. The van der Waals surface area contributed by atoms with Crippen molar-refractivity contribution in [1.82, 2.24) is 4.72 Å². The largest absolute Gasteiger partial charge is 0.490 e. The zero-order valence-electron chi connectivity index (χ0n) is 24.1. The second-order valence-electron chi connectivity index (χ2n) is 12.3. The van der Waals surface area contributed by atoms with Crippen molar-refractivity contribution in [2.75, 3.05) is 30.3 Å². The molecule has 1 amide bonds. The van der Waals surface area contributed by atoms with E-state index in [-0.39, 0.29) is 34.5 Å². The quantitative estimate of drug-likeness (QED) is 0.420. The number of allylic oxidation sites excluding steroid dienone is 1. The number of ether oxygens (including phenoxy) is 1. The smallest absolute Gasteiger partial charge is 0.264 e. The Morgan fingerprint density at radius 2 is 2.00 bits per heavy atom. The van der Waals surface area contributed by atoms with Crippen LogP contribution in [0.3, 0.4) is 0 Å². The van der Waals surface area contributed by atoms with Crippen LogP contribution in [-0.2, 0) is 21.9 Å². The van der Waals surface area contributed by atoms with Crippen LogP contribution in [0.4, 0.5) is 5.69 Å². The number of hydrogen-bond donors (Lipinski definition) is 2. The van der Waals surface area contributed by atoms with Gasteiger partial charge >= 0.3 is 0 Å². The van der Waals surface area contributed by atoms with E-state index in [0.29, 0.717) is 31.9 Å². The minimum Gasteiger partial charge on any atom is -0.490 e. The molecule has 41 heavy (non-hydrogen) atoms. The van der Waals surface area contributed by atoms with Crippen molar-refractivity contribution < 1.29 is 23.1 Å². The number of nitrogens with zero attached hydrogens (tertiary/aromatic N) is 1. The molecule has 0 fully saturated rings. The number of carbonyl (C=O) groups excluding carboxylic acids is 1. The number of rotatable bonds is 1. The fourth-order valence-corrected chi connectivity index (χ4v) is 8.54. The molecule has 5 rings (SSSR count). The highest BCUT2D eigenvalue weighted by atomic mass is 35.5. The Morgan fingerprint density at radius 3 is 2.78 bits per heavy atom. The zero-order valence-corrected chi connectivity index (χ0v) is 25.7. The van der Waals surface area contributed by atoms with E-state index < -0.39 is 22.0 Å². The van der Waals surface area contributed by atoms with Gasteiger partial charge in [-0.3, -0.25) is 4.79 Å². The molecular weight excluding hydrogens is 560 g/mol. The summed E-state index contributed by atoms with van der Waals surface area (Å²) in [5.74, 6) is -0.325. The van der Waals surface area contributed by atoms with Crippen LogP contribution in [0.1, 0.15) is 67.9 Å². The van der Waals surface area contributed by atoms with Gasteiger partial charge in [0.2, 0.25) is 10.0 Å². The number of aliphatic hydroxyl groups is 1. The molecule has 222 valence electrons. The Balaban J connectivity index is 1.59. The fourth-order valence-electron chi connectivity index (χ4n) is 7.06. The lowest BCUT2D eigenvalue weighted by Gasteiger charge is -2.42. The van der Waals surface area contributed by atoms with Crippen molar-refractivity contribution in [1.29, 1.82) is 0 Å². The normalized spacial score (nSPS) is 31.0. The van der Waals surface area contributed by atoms with Crippen molar-refractivity contribution in [3.8, 4) is 5.75 Å². The van der Waals surface area contributed by atoms with Crippen molar-refractivity contribution in [2.45, 2.75) is 64.4 Å². The number of halogens is 1. The van der Waals surface area contributed by atoms with E-state index >= 15 is 0 Å².